The van der Waals surface area contributed by atoms with Gasteiger partial charge in [0, 0.05) is 74.7 Å². The fourth-order valence-corrected chi connectivity index (χ4v) is 5.40. The van der Waals surface area contributed by atoms with Crippen LogP contribution < -0.4 is 10.3 Å². The van der Waals surface area contributed by atoms with Crippen LogP contribution in [-0.2, 0) is 4.74 Å². The number of hydrogen-bond donors (Lipinski definition) is 2. The van der Waals surface area contributed by atoms with E-state index in [0.29, 0.717) is 23.8 Å². The van der Waals surface area contributed by atoms with E-state index in [-0.39, 0.29) is 12.1 Å². The van der Waals surface area contributed by atoms with E-state index in [0.717, 1.165) is 50.6 Å². The second kappa shape index (κ2) is 10.1. The number of amides is 1. The van der Waals surface area contributed by atoms with Gasteiger partial charge in [0.25, 0.3) is 0 Å². The van der Waals surface area contributed by atoms with Gasteiger partial charge in [-0.15, -0.1) is 0 Å². The first-order valence-corrected chi connectivity index (χ1v) is 12.1. The number of hydrogen-bond acceptors (Lipinski definition) is 8. The van der Waals surface area contributed by atoms with Crippen LogP contribution in [0, 0.1) is 10.8 Å². The molecule has 2 N–H and O–H groups in total. The van der Waals surface area contributed by atoms with Crippen LogP contribution in [0.2, 0.25) is 0 Å². The number of carbonyl (C=O) groups excluding carboxylic acids is 1. The summed E-state index contributed by atoms with van der Waals surface area (Å²) in [4.78, 5) is 23.4. The lowest BCUT2D eigenvalue weighted by Gasteiger charge is -2.48. The highest BCUT2D eigenvalue weighted by Crippen LogP contribution is 2.47. The second-order valence-corrected chi connectivity index (χ2v) is 9.77. The molecule has 0 bridgehead atoms. The molecule has 2 saturated heterocycles. The third-order valence-corrected chi connectivity index (χ3v) is 7.03. The van der Waals surface area contributed by atoms with Crippen molar-refractivity contribution in [2.24, 2.45) is 10.5 Å². The first kappa shape index (κ1) is 23.5. The molecule has 1 atom stereocenters. The quantitative estimate of drug-likeness (QED) is 0.485. The van der Waals surface area contributed by atoms with Crippen molar-refractivity contribution in [3.8, 4) is 0 Å². The number of nitrogens with zero attached hydrogens (tertiary/aromatic N) is 5. The molecule has 3 fully saturated rings. The van der Waals surface area contributed by atoms with Crippen molar-refractivity contribution in [1.29, 1.82) is 5.41 Å². The standard InChI is InChI=1S/C24H37N7O2/c1-4-33-23(32)31-16-24(17-31)8-7-19(14-24)29-10-12-30(13-11-29)22-20(6-5-9-26-22)21(15-25)28-27-18(2)3/h5-6,9,15,18-19,25,27H,4,7-8,10-14,16-17H2,1-3H3/b25-15?,28-21+/t19-/m1/s1. The molecule has 9 heteroatoms. The Labute approximate surface area is 196 Å². The number of ether oxygens (including phenoxy) is 1. The van der Waals surface area contributed by atoms with Gasteiger partial charge < -0.3 is 25.4 Å². The lowest BCUT2D eigenvalue weighted by Crippen LogP contribution is -2.58. The SMILES string of the molecule is CCOC(=O)N1CC2(CC[C@@H](N3CCN(c4ncccc4/C(C=N)=N/NC(C)C)CC3)C2)C1. The fraction of sp³-hybridized carbons (Fsp3) is 0.667. The summed E-state index contributed by atoms with van der Waals surface area (Å²) in [6.07, 6.45) is 6.51. The van der Waals surface area contributed by atoms with Gasteiger partial charge in [-0.25, -0.2) is 9.78 Å². The van der Waals surface area contributed by atoms with Crippen molar-refractivity contribution in [2.45, 2.75) is 52.1 Å². The summed E-state index contributed by atoms with van der Waals surface area (Å²) in [7, 11) is 0. The average Bonchev–Trinajstić information content (AvgIpc) is 3.25. The monoisotopic (exact) mass is 455 g/mol. The highest BCUT2D eigenvalue weighted by atomic mass is 16.6. The minimum Gasteiger partial charge on any atom is -0.450 e. The molecule has 0 unspecified atom stereocenters. The molecular weight excluding hydrogens is 418 g/mol. The zero-order chi connectivity index (χ0) is 23.4. The summed E-state index contributed by atoms with van der Waals surface area (Å²) in [6.45, 7) is 11.9. The summed E-state index contributed by atoms with van der Waals surface area (Å²) in [5.41, 5.74) is 4.84. The summed E-state index contributed by atoms with van der Waals surface area (Å²) in [5.74, 6) is 0.900. The maximum atomic E-state index is 11.9. The number of piperazine rings is 1. The van der Waals surface area contributed by atoms with Crippen LogP contribution in [0.4, 0.5) is 10.6 Å². The maximum absolute atomic E-state index is 11.9. The Morgan fingerprint density at radius 1 is 1.36 bits per heavy atom. The Bertz CT molecular complexity index is 873. The van der Waals surface area contributed by atoms with Gasteiger partial charge in [-0.2, -0.15) is 5.10 Å². The summed E-state index contributed by atoms with van der Waals surface area (Å²) >= 11 is 0. The van der Waals surface area contributed by atoms with Crippen molar-refractivity contribution in [3.05, 3.63) is 23.9 Å². The second-order valence-electron chi connectivity index (χ2n) is 9.77. The van der Waals surface area contributed by atoms with Crippen molar-refractivity contribution >= 4 is 23.8 Å². The van der Waals surface area contributed by atoms with Crippen LogP contribution >= 0.6 is 0 Å². The number of rotatable bonds is 7. The predicted octanol–water partition coefficient (Wildman–Crippen LogP) is 2.57. The van der Waals surface area contributed by atoms with Crippen LogP contribution in [0.5, 0.6) is 0 Å². The van der Waals surface area contributed by atoms with E-state index in [2.05, 4.69) is 25.3 Å². The third kappa shape index (κ3) is 5.13. The van der Waals surface area contributed by atoms with Gasteiger partial charge in [0.2, 0.25) is 0 Å². The Morgan fingerprint density at radius 3 is 2.79 bits per heavy atom. The van der Waals surface area contributed by atoms with E-state index < -0.39 is 0 Å². The number of aromatic nitrogens is 1. The molecule has 1 spiro atoms. The highest BCUT2D eigenvalue weighted by molar-refractivity contribution is 6.38. The molecule has 3 aliphatic rings. The maximum Gasteiger partial charge on any atom is 0.409 e. The molecule has 1 amide bonds. The van der Waals surface area contributed by atoms with Crippen molar-refractivity contribution in [3.63, 3.8) is 0 Å². The molecule has 0 aromatic carbocycles. The molecule has 9 nitrogen and oxygen atoms in total. The molecule has 1 aliphatic carbocycles. The first-order chi connectivity index (χ1) is 15.9. The van der Waals surface area contributed by atoms with Crippen LogP contribution in [0.3, 0.4) is 0 Å². The van der Waals surface area contributed by atoms with Crippen molar-refractivity contribution in [2.75, 3.05) is 50.8 Å². The zero-order valence-electron chi connectivity index (χ0n) is 20.1. The zero-order valence-corrected chi connectivity index (χ0v) is 20.1. The molecule has 1 saturated carbocycles. The van der Waals surface area contributed by atoms with E-state index >= 15 is 0 Å². The average molecular weight is 456 g/mol. The van der Waals surface area contributed by atoms with Gasteiger partial charge in [-0.1, -0.05) is 0 Å². The Morgan fingerprint density at radius 2 is 2.12 bits per heavy atom. The fourth-order valence-electron chi connectivity index (χ4n) is 5.40. The summed E-state index contributed by atoms with van der Waals surface area (Å²) < 4.78 is 5.15. The summed E-state index contributed by atoms with van der Waals surface area (Å²) in [6, 6.07) is 4.69. The minimum atomic E-state index is -0.164. The minimum absolute atomic E-state index is 0.164. The molecule has 1 aromatic rings. The normalized spacial score (nSPS) is 23.0. The van der Waals surface area contributed by atoms with Gasteiger partial charge in [0.1, 0.15) is 11.5 Å². The van der Waals surface area contributed by atoms with E-state index in [1.807, 2.05) is 44.0 Å². The predicted molar refractivity (Wildman–Crippen MR) is 130 cm³/mol. The van der Waals surface area contributed by atoms with E-state index in [1.54, 1.807) is 0 Å². The highest BCUT2D eigenvalue weighted by Gasteiger charge is 2.51. The van der Waals surface area contributed by atoms with E-state index in [1.165, 1.54) is 25.5 Å². The molecule has 180 valence electrons. The third-order valence-electron chi connectivity index (χ3n) is 7.03. The molecular formula is C24H37N7O2. The van der Waals surface area contributed by atoms with Crippen LogP contribution in [-0.4, -0.2) is 90.8 Å². The van der Waals surface area contributed by atoms with Gasteiger partial charge in [-0.05, 0) is 52.2 Å². The van der Waals surface area contributed by atoms with Crippen molar-refractivity contribution in [1.82, 2.24) is 20.2 Å². The first-order valence-electron chi connectivity index (χ1n) is 12.1. The molecule has 4 rings (SSSR count). The molecule has 33 heavy (non-hydrogen) atoms. The Kier molecular flexibility index (Phi) is 7.17. The van der Waals surface area contributed by atoms with Gasteiger partial charge >= 0.3 is 6.09 Å². The Hall–Kier alpha value is -2.68. The lowest BCUT2D eigenvalue weighted by atomic mass is 9.78. The number of likely N-dealkylation sites (tertiary alicyclic amines) is 1. The smallest absolute Gasteiger partial charge is 0.409 e. The number of pyridine rings is 1. The number of hydrazone groups is 1. The summed E-state index contributed by atoms with van der Waals surface area (Å²) in [5, 5.41) is 12.3. The Balaban J connectivity index is 1.34. The molecule has 2 aliphatic heterocycles. The van der Waals surface area contributed by atoms with E-state index in [4.69, 9.17) is 10.1 Å². The number of carbonyl (C=O) groups is 1. The van der Waals surface area contributed by atoms with E-state index in [9.17, 15) is 4.79 Å². The van der Waals surface area contributed by atoms with Crippen LogP contribution in [0.1, 0.15) is 45.6 Å². The van der Waals surface area contributed by atoms with Gasteiger partial charge in [0.05, 0.1) is 6.61 Å². The molecule has 1 aromatic heterocycles. The van der Waals surface area contributed by atoms with Crippen LogP contribution in [0.25, 0.3) is 0 Å². The lowest BCUT2D eigenvalue weighted by molar-refractivity contribution is -0.00294. The number of anilines is 1. The molecule has 3 heterocycles. The largest absolute Gasteiger partial charge is 0.450 e. The number of nitrogens with one attached hydrogen (secondary N) is 2. The van der Waals surface area contributed by atoms with Crippen molar-refractivity contribution < 1.29 is 9.53 Å². The topological polar surface area (TPSA) is 97.2 Å². The molecule has 0 radical (unpaired) electrons. The van der Waals surface area contributed by atoms with Gasteiger partial charge in [0.15, 0.2) is 0 Å². The van der Waals surface area contributed by atoms with Crippen LogP contribution in [0.15, 0.2) is 23.4 Å². The van der Waals surface area contributed by atoms with Gasteiger partial charge in [-0.3, -0.25) is 4.90 Å².